The molecular weight excluding hydrogens is 260 g/mol. The number of rotatable bonds is 5. The van der Waals surface area contributed by atoms with E-state index in [1.54, 1.807) is 11.1 Å². The third-order valence-electron chi connectivity index (χ3n) is 3.40. The van der Waals surface area contributed by atoms with E-state index in [1.807, 2.05) is 18.2 Å². The average molecular weight is 278 g/mol. The molecule has 1 aromatic rings. The number of carbonyl (C=O) groups excluding carboxylic acids is 1. The second-order valence-corrected chi connectivity index (χ2v) is 4.81. The van der Waals surface area contributed by atoms with E-state index in [9.17, 15) is 9.59 Å². The van der Waals surface area contributed by atoms with Crippen LogP contribution in [0.1, 0.15) is 18.5 Å². The molecule has 1 N–H and O–H groups in total. The molecule has 0 spiro atoms. The molecular formula is C14H18N2O4. The van der Waals surface area contributed by atoms with Crippen molar-refractivity contribution >= 4 is 11.9 Å². The summed E-state index contributed by atoms with van der Waals surface area (Å²) in [4.78, 5) is 28.5. The molecule has 6 heteroatoms. The molecule has 6 nitrogen and oxygen atoms in total. The Hall–Kier alpha value is -1.95. The smallest absolute Gasteiger partial charge is 0.306 e. The number of carboxylic acid groups (broad SMARTS) is 1. The molecule has 0 bridgehead atoms. The maximum Gasteiger partial charge on any atom is 0.306 e. The van der Waals surface area contributed by atoms with Gasteiger partial charge in [0.2, 0.25) is 5.91 Å². The van der Waals surface area contributed by atoms with Crippen LogP contribution in [-0.2, 0) is 20.9 Å². The normalized spacial score (nSPS) is 16.1. The Morgan fingerprint density at radius 1 is 1.35 bits per heavy atom. The SMILES string of the molecule is O=C(O)C1CCN(C(=O)COCc2ccccn2)CC1. The van der Waals surface area contributed by atoms with Crippen molar-refractivity contribution in [3.05, 3.63) is 30.1 Å². The summed E-state index contributed by atoms with van der Waals surface area (Å²) >= 11 is 0. The molecule has 0 aromatic carbocycles. The number of aliphatic carboxylic acids is 1. The fourth-order valence-corrected chi connectivity index (χ4v) is 2.19. The summed E-state index contributed by atoms with van der Waals surface area (Å²) in [6.45, 7) is 1.29. The lowest BCUT2D eigenvalue weighted by Crippen LogP contribution is -2.41. The number of pyridine rings is 1. The van der Waals surface area contributed by atoms with Crippen LogP contribution in [-0.4, -0.2) is 46.6 Å². The van der Waals surface area contributed by atoms with Gasteiger partial charge in [0.25, 0.3) is 0 Å². The van der Waals surface area contributed by atoms with Gasteiger partial charge >= 0.3 is 5.97 Å². The second kappa shape index (κ2) is 7.00. The molecule has 0 aliphatic carbocycles. The summed E-state index contributed by atoms with van der Waals surface area (Å²) in [5.41, 5.74) is 0.782. The molecule has 0 saturated carbocycles. The van der Waals surface area contributed by atoms with Crippen LogP contribution in [0.3, 0.4) is 0 Å². The molecule has 1 aliphatic rings. The number of carboxylic acids is 1. The molecule has 20 heavy (non-hydrogen) atoms. The minimum absolute atomic E-state index is 0.00825. The summed E-state index contributed by atoms with van der Waals surface area (Å²) in [6.07, 6.45) is 2.71. The summed E-state index contributed by atoms with van der Waals surface area (Å²) in [6, 6.07) is 5.52. The number of piperidine rings is 1. The van der Waals surface area contributed by atoms with E-state index >= 15 is 0 Å². The van der Waals surface area contributed by atoms with Gasteiger partial charge in [-0.2, -0.15) is 0 Å². The summed E-state index contributed by atoms with van der Waals surface area (Å²) < 4.78 is 5.34. The maximum atomic E-state index is 11.9. The number of hydrogen-bond acceptors (Lipinski definition) is 4. The van der Waals surface area contributed by atoms with Crippen LogP contribution in [0.5, 0.6) is 0 Å². The molecule has 1 fully saturated rings. The molecule has 0 atom stereocenters. The monoisotopic (exact) mass is 278 g/mol. The fourth-order valence-electron chi connectivity index (χ4n) is 2.19. The van der Waals surface area contributed by atoms with Gasteiger partial charge in [0.15, 0.2) is 0 Å². The lowest BCUT2D eigenvalue weighted by atomic mass is 9.97. The molecule has 2 rings (SSSR count). The highest BCUT2D eigenvalue weighted by Gasteiger charge is 2.26. The Balaban J connectivity index is 1.69. The number of ether oxygens (including phenoxy) is 1. The number of aromatic nitrogens is 1. The van der Waals surface area contributed by atoms with E-state index in [0.717, 1.165) is 5.69 Å². The lowest BCUT2D eigenvalue weighted by Gasteiger charge is -2.30. The predicted octanol–water partition coefficient (Wildman–Crippen LogP) is 0.921. The Morgan fingerprint density at radius 3 is 2.70 bits per heavy atom. The van der Waals surface area contributed by atoms with Crippen molar-refractivity contribution in [1.29, 1.82) is 0 Å². The van der Waals surface area contributed by atoms with Gasteiger partial charge < -0.3 is 14.7 Å². The van der Waals surface area contributed by atoms with Crippen LogP contribution in [0.25, 0.3) is 0 Å². The summed E-state index contributed by atoms with van der Waals surface area (Å²) in [5.74, 6) is -1.19. The van der Waals surface area contributed by atoms with Crippen LogP contribution in [0.15, 0.2) is 24.4 Å². The van der Waals surface area contributed by atoms with Gasteiger partial charge in [-0.25, -0.2) is 0 Å². The van der Waals surface area contributed by atoms with Crippen molar-refractivity contribution in [2.24, 2.45) is 5.92 Å². The standard InChI is InChI=1S/C14H18N2O4/c17-13(10-20-9-12-3-1-2-6-15-12)16-7-4-11(5-8-16)14(18)19/h1-3,6,11H,4-5,7-10H2,(H,18,19). The van der Waals surface area contributed by atoms with Gasteiger partial charge in [-0.05, 0) is 25.0 Å². The lowest BCUT2D eigenvalue weighted by molar-refractivity contribution is -0.147. The molecule has 1 saturated heterocycles. The first-order chi connectivity index (χ1) is 9.66. The van der Waals surface area contributed by atoms with Crippen molar-refractivity contribution in [3.8, 4) is 0 Å². The highest BCUT2D eigenvalue weighted by atomic mass is 16.5. The maximum absolute atomic E-state index is 11.9. The minimum atomic E-state index is -0.775. The number of nitrogens with zero attached hydrogens (tertiary/aromatic N) is 2. The topological polar surface area (TPSA) is 79.7 Å². The van der Waals surface area contributed by atoms with E-state index in [1.165, 1.54) is 0 Å². The van der Waals surface area contributed by atoms with Gasteiger partial charge in [0.05, 0.1) is 18.2 Å². The largest absolute Gasteiger partial charge is 0.481 e. The average Bonchev–Trinajstić information content (AvgIpc) is 2.48. The molecule has 0 unspecified atom stereocenters. The quantitative estimate of drug-likeness (QED) is 0.866. The zero-order chi connectivity index (χ0) is 14.4. The zero-order valence-corrected chi connectivity index (χ0v) is 11.2. The molecule has 1 aliphatic heterocycles. The van der Waals surface area contributed by atoms with E-state index in [2.05, 4.69) is 4.98 Å². The van der Waals surface area contributed by atoms with Gasteiger partial charge in [-0.1, -0.05) is 6.07 Å². The minimum Gasteiger partial charge on any atom is -0.481 e. The Bertz CT molecular complexity index is 456. The zero-order valence-electron chi connectivity index (χ0n) is 11.2. The van der Waals surface area contributed by atoms with Gasteiger partial charge in [-0.3, -0.25) is 14.6 Å². The molecule has 108 valence electrons. The third kappa shape index (κ3) is 4.03. The van der Waals surface area contributed by atoms with Crippen molar-refractivity contribution < 1.29 is 19.4 Å². The van der Waals surface area contributed by atoms with Crippen molar-refractivity contribution in [2.45, 2.75) is 19.4 Å². The first-order valence-corrected chi connectivity index (χ1v) is 6.65. The number of hydrogen-bond donors (Lipinski definition) is 1. The van der Waals surface area contributed by atoms with E-state index in [4.69, 9.17) is 9.84 Å². The molecule has 2 heterocycles. The Kier molecular flexibility index (Phi) is 5.06. The number of likely N-dealkylation sites (tertiary alicyclic amines) is 1. The van der Waals surface area contributed by atoms with Gasteiger partial charge in [0.1, 0.15) is 6.61 Å². The van der Waals surface area contributed by atoms with Crippen LogP contribution < -0.4 is 0 Å². The van der Waals surface area contributed by atoms with E-state index < -0.39 is 5.97 Å². The van der Waals surface area contributed by atoms with Crippen molar-refractivity contribution in [3.63, 3.8) is 0 Å². The molecule has 0 radical (unpaired) electrons. The van der Waals surface area contributed by atoms with Gasteiger partial charge in [0, 0.05) is 19.3 Å². The van der Waals surface area contributed by atoms with E-state index in [0.29, 0.717) is 32.5 Å². The first-order valence-electron chi connectivity index (χ1n) is 6.65. The molecule has 1 aromatic heterocycles. The van der Waals surface area contributed by atoms with Crippen molar-refractivity contribution in [2.75, 3.05) is 19.7 Å². The Morgan fingerprint density at radius 2 is 2.10 bits per heavy atom. The highest BCUT2D eigenvalue weighted by Crippen LogP contribution is 2.17. The van der Waals surface area contributed by atoms with Crippen LogP contribution in [0.4, 0.5) is 0 Å². The Labute approximate surface area is 117 Å². The summed E-state index contributed by atoms with van der Waals surface area (Å²) in [5, 5.41) is 8.90. The first kappa shape index (κ1) is 14.5. The summed E-state index contributed by atoms with van der Waals surface area (Å²) in [7, 11) is 0. The highest BCUT2D eigenvalue weighted by molar-refractivity contribution is 5.78. The van der Waals surface area contributed by atoms with Crippen molar-refractivity contribution in [1.82, 2.24) is 9.88 Å². The number of amides is 1. The predicted molar refractivity (Wildman–Crippen MR) is 70.8 cm³/mol. The number of carbonyl (C=O) groups is 2. The third-order valence-corrected chi connectivity index (χ3v) is 3.40. The van der Waals surface area contributed by atoms with Crippen LogP contribution >= 0.6 is 0 Å². The fraction of sp³-hybridized carbons (Fsp3) is 0.500. The van der Waals surface area contributed by atoms with E-state index in [-0.39, 0.29) is 18.4 Å². The second-order valence-electron chi connectivity index (χ2n) is 4.81. The van der Waals surface area contributed by atoms with Crippen LogP contribution in [0.2, 0.25) is 0 Å². The molecule has 1 amide bonds. The van der Waals surface area contributed by atoms with Crippen LogP contribution in [0, 0.1) is 5.92 Å². The van der Waals surface area contributed by atoms with Gasteiger partial charge in [-0.15, -0.1) is 0 Å².